The van der Waals surface area contributed by atoms with Crippen LogP contribution in [0.4, 0.5) is 0 Å². The van der Waals surface area contributed by atoms with Gasteiger partial charge in [0, 0.05) is 18.6 Å². The van der Waals surface area contributed by atoms with Gasteiger partial charge in [-0.15, -0.1) is 0 Å². The van der Waals surface area contributed by atoms with E-state index in [1.54, 1.807) is 12.1 Å². The molecule has 0 radical (unpaired) electrons. The van der Waals surface area contributed by atoms with Crippen molar-refractivity contribution in [2.24, 2.45) is 5.92 Å². The predicted octanol–water partition coefficient (Wildman–Crippen LogP) is 1.06. The number of nitrogens with one attached hydrogen (secondary N) is 1. The number of para-hydroxylation sites is 1. The van der Waals surface area contributed by atoms with Crippen molar-refractivity contribution in [1.29, 1.82) is 0 Å². The number of nitrogens with zero attached hydrogens (tertiary/aromatic N) is 1. The third-order valence-corrected chi connectivity index (χ3v) is 6.84. The fourth-order valence-electron chi connectivity index (χ4n) is 3.67. The molecule has 0 aromatic heterocycles. The fraction of sp³-hybridized carbons (Fsp3) is 0.611. The number of hydrogen-bond donors (Lipinski definition) is 2. The number of aliphatic carboxylic acids is 1. The minimum Gasteiger partial charge on any atom is -0.486 e. The lowest BCUT2D eigenvalue weighted by Gasteiger charge is -2.42. The summed E-state index contributed by atoms with van der Waals surface area (Å²) in [5.41, 5.74) is 0. The summed E-state index contributed by atoms with van der Waals surface area (Å²) in [7, 11) is -3.73. The van der Waals surface area contributed by atoms with Gasteiger partial charge in [0.1, 0.15) is 18.1 Å². The Morgan fingerprint density at radius 1 is 1.22 bits per heavy atom. The first-order valence-electron chi connectivity index (χ1n) is 9.29. The molecule has 9 heteroatoms. The van der Waals surface area contributed by atoms with Gasteiger partial charge in [-0.3, -0.25) is 9.69 Å². The van der Waals surface area contributed by atoms with E-state index in [2.05, 4.69) is 4.72 Å². The monoisotopic (exact) mass is 396 g/mol. The molecule has 0 spiro atoms. The van der Waals surface area contributed by atoms with Crippen molar-refractivity contribution in [3.05, 3.63) is 18.2 Å². The van der Waals surface area contributed by atoms with Crippen LogP contribution in [0.15, 0.2) is 23.1 Å². The molecule has 3 aliphatic rings. The van der Waals surface area contributed by atoms with E-state index in [0.29, 0.717) is 37.7 Å². The van der Waals surface area contributed by atoms with E-state index < -0.39 is 16.0 Å². The Hall–Kier alpha value is -1.84. The number of rotatable bonds is 8. The second kappa shape index (κ2) is 7.29. The fourth-order valence-corrected chi connectivity index (χ4v) is 5.09. The molecule has 2 aliphatic carbocycles. The van der Waals surface area contributed by atoms with Crippen molar-refractivity contribution in [3.8, 4) is 11.5 Å². The zero-order chi connectivity index (χ0) is 19.0. The Morgan fingerprint density at radius 3 is 2.67 bits per heavy atom. The molecule has 27 heavy (non-hydrogen) atoms. The third-order valence-electron chi connectivity index (χ3n) is 5.30. The van der Waals surface area contributed by atoms with Crippen LogP contribution >= 0.6 is 0 Å². The predicted molar refractivity (Wildman–Crippen MR) is 96.5 cm³/mol. The molecule has 1 aromatic rings. The molecule has 0 bridgehead atoms. The molecule has 1 aliphatic heterocycles. The highest BCUT2D eigenvalue weighted by Gasteiger charge is 2.39. The zero-order valence-electron chi connectivity index (χ0n) is 15.0. The molecule has 1 heterocycles. The summed E-state index contributed by atoms with van der Waals surface area (Å²) in [6.45, 7) is 1.51. The van der Waals surface area contributed by atoms with Crippen LogP contribution in [0.5, 0.6) is 11.5 Å². The number of carbonyl (C=O) groups is 1. The molecular weight excluding hydrogens is 372 g/mol. The van der Waals surface area contributed by atoms with Crippen LogP contribution in [-0.2, 0) is 14.8 Å². The van der Waals surface area contributed by atoms with E-state index in [0.717, 1.165) is 19.4 Å². The van der Waals surface area contributed by atoms with Crippen LogP contribution in [0.2, 0.25) is 0 Å². The highest BCUT2D eigenvalue weighted by molar-refractivity contribution is 7.89. The molecule has 2 N–H and O–H groups in total. The average Bonchev–Trinajstić information content (AvgIpc) is 3.40. The van der Waals surface area contributed by atoms with E-state index >= 15 is 0 Å². The van der Waals surface area contributed by atoms with Gasteiger partial charge >= 0.3 is 5.97 Å². The number of sulfonamides is 1. The number of benzene rings is 1. The summed E-state index contributed by atoms with van der Waals surface area (Å²) in [5, 5.41) is 9.12. The Bertz CT molecular complexity index is 817. The Labute approximate surface area is 158 Å². The number of carboxylic acid groups (broad SMARTS) is 1. The summed E-state index contributed by atoms with van der Waals surface area (Å²) < 4.78 is 39.3. The maximum atomic E-state index is 12.8. The SMILES string of the molecule is O=C(O)CN(CC1CC1)C1CC(NS(=O)(=O)c2cccc3c2OCCO3)C1. The molecular formula is C18H24N2O6S. The number of ether oxygens (including phenoxy) is 2. The number of carboxylic acids is 1. The molecule has 0 amide bonds. The van der Waals surface area contributed by atoms with Crippen LogP contribution in [-0.4, -0.2) is 62.8 Å². The minimum absolute atomic E-state index is 0.0119. The van der Waals surface area contributed by atoms with Gasteiger partial charge < -0.3 is 14.6 Å². The van der Waals surface area contributed by atoms with Crippen molar-refractivity contribution < 1.29 is 27.8 Å². The normalized spacial score (nSPS) is 24.5. The second-order valence-corrected chi connectivity index (χ2v) is 9.17. The van der Waals surface area contributed by atoms with E-state index in [9.17, 15) is 13.2 Å². The van der Waals surface area contributed by atoms with Crippen LogP contribution in [0, 0.1) is 5.92 Å². The van der Waals surface area contributed by atoms with Crippen molar-refractivity contribution >= 4 is 16.0 Å². The Kier molecular flexibility index (Phi) is 5.00. The molecule has 2 fully saturated rings. The summed E-state index contributed by atoms with van der Waals surface area (Å²) in [6.07, 6.45) is 3.54. The summed E-state index contributed by atoms with van der Waals surface area (Å²) in [6, 6.07) is 4.75. The van der Waals surface area contributed by atoms with E-state index in [-0.39, 0.29) is 29.3 Å². The smallest absolute Gasteiger partial charge is 0.317 e. The standard InChI is InChI=1S/C18H24N2O6S/c21-17(22)11-20(10-12-4-5-12)14-8-13(9-14)19-27(23,24)16-3-1-2-15-18(16)26-7-6-25-15/h1-3,12-14,19H,4-11H2,(H,21,22). The topological polar surface area (TPSA) is 105 Å². The first kappa shape index (κ1) is 18.5. The zero-order valence-corrected chi connectivity index (χ0v) is 15.8. The van der Waals surface area contributed by atoms with Gasteiger partial charge in [0.15, 0.2) is 11.5 Å². The van der Waals surface area contributed by atoms with Gasteiger partial charge in [0.2, 0.25) is 10.0 Å². The highest BCUT2D eigenvalue weighted by Crippen LogP contribution is 2.38. The lowest BCUT2D eigenvalue weighted by molar-refractivity contribution is -0.139. The molecule has 0 atom stereocenters. The second-order valence-electron chi connectivity index (χ2n) is 7.49. The van der Waals surface area contributed by atoms with Crippen LogP contribution < -0.4 is 14.2 Å². The molecule has 8 nitrogen and oxygen atoms in total. The summed E-state index contributed by atoms with van der Waals surface area (Å²) in [4.78, 5) is 13.2. The number of hydrogen-bond acceptors (Lipinski definition) is 6. The molecule has 0 saturated heterocycles. The Morgan fingerprint density at radius 2 is 1.96 bits per heavy atom. The van der Waals surface area contributed by atoms with Gasteiger partial charge in [-0.1, -0.05) is 6.07 Å². The highest BCUT2D eigenvalue weighted by atomic mass is 32.2. The van der Waals surface area contributed by atoms with Gasteiger partial charge in [0.25, 0.3) is 0 Å². The van der Waals surface area contributed by atoms with Crippen LogP contribution in [0.3, 0.4) is 0 Å². The number of fused-ring (bicyclic) bond motifs is 1. The van der Waals surface area contributed by atoms with Crippen LogP contribution in [0.25, 0.3) is 0 Å². The van der Waals surface area contributed by atoms with E-state index in [4.69, 9.17) is 14.6 Å². The van der Waals surface area contributed by atoms with Crippen molar-refractivity contribution in [2.45, 2.75) is 42.7 Å². The van der Waals surface area contributed by atoms with Crippen molar-refractivity contribution in [2.75, 3.05) is 26.3 Å². The van der Waals surface area contributed by atoms with Gasteiger partial charge in [0.05, 0.1) is 6.54 Å². The summed E-state index contributed by atoms with van der Waals surface area (Å²) >= 11 is 0. The van der Waals surface area contributed by atoms with Gasteiger partial charge in [-0.2, -0.15) is 0 Å². The molecule has 148 valence electrons. The molecule has 0 unspecified atom stereocenters. The quantitative estimate of drug-likeness (QED) is 0.677. The van der Waals surface area contributed by atoms with Crippen molar-refractivity contribution in [1.82, 2.24) is 9.62 Å². The lowest BCUT2D eigenvalue weighted by Crippen LogP contribution is -2.55. The third kappa shape index (κ3) is 4.20. The van der Waals surface area contributed by atoms with Crippen LogP contribution in [0.1, 0.15) is 25.7 Å². The minimum atomic E-state index is -3.73. The van der Waals surface area contributed by atoms with Gasteiger partial charge in [-0.05, 0) is 43.7 Å². The van der Waals surface area contributed by atoms with Gasteiger partial charge in [-0.25, -0.2) is 13.1 Å². The van der Waals surface area contributed by atoms with E-state index in [1.165, 1.54) is 6.07 Å². The maximum Gasteiger partial charge on any atom is 0.317 e. The largest absolute Gasteiger partial charge is 0.486 e. The molecule has 2 saturated carbocycles. The molecule has 4 rings (SSSR count). The first-order valence-corrected chi connectivity index (χ1v) is 10.8. The van der Waals surface area contributed by atoms with Crippen molar-refractivity contribution in [3.63, 3.8) is 0 Å². The van der Waals surface area contributed by atoms with E-state index in [1.807, 2.05) is 4.90 Å². The molecule has 1 aromatic carbocycles. The lowest BCUT2D eigenvalue weighted by atomic mass is 9.86. The maximum absolute atomic E-state index is 12.8. The Balaban J connectivity index is 1.39. The average molecular weight is 396 g/mol. The first-order chi connectivity index (χ1) is 12.9. The summed E-state index contributed by atoms with van der Waals surface area (Å²) in [5.74, 6) is 0.446.